The molecule has 0 fully saturated rings. The summed E-state index contributed by atoms with van der Waals surface area (Å²) in [4.78, 5) is 13.7. The number of hydrogen-bond acceptors (Lipinski definition) is 1. The SMILES string of the molecule is CN(Cc1ccc(F)c(F)c1)C(=O)c1ccc(Br)c(Cl)c1. The predicted molar refractivity (Wildman–Crippen MR) is 81.3 cm³/mol. The van der Waals surface area contributed by atoms with E-state index in [1.807, 2.05) is 0 Å². The van der Waals surface area contributed by atoms with Crippen LogP contribution in [-0.2, 0) is 6.54 Å². The molecular weight excluding hydrogens is 364 g/mol. The highest BCUT2D eigenvalue weighted by molar-refractivity contribution is 9.10. The van der Waals surface area contributed by atoms with Gasteiger partial charge in [-0.05, 0) is 51.8 Å². The molecule has 0 bridgehead atoms. The lowest BCUT2D eigenvalue weighted by atomic mass is 10.1. The molecule has 0 radical (unpaired) electrons. The van der Waals surface area contributed by atoms with Crippen LogP contribution < -0.4 is 0 Å². The van der Waals surface area contributed by atoms with E-state index in [2.05, 4.69) is 15.9 Å². The van der Waals surface area contributed by atoms with Crippen molar-refractivity contribution in [3.05, 3.63) is 68.7 Å². The second-order valence-corrected chi connectivity index (χ2v) is 5.80. The molecule has 0 N–H and O–H groups in total. The molecule has 0 aliphatic heterocycles. The van der Waals surface area contributed by atoms with Crippen LogP contribution in [0.2, 0.25) is 5.02 Å². The zero-order valence-corrected chi connectivity index (χ0v) is 13.4. The van der Waals surface area contributed by atoms with Gasteiger partial charge in [-0.25, -0.2) is 8.78 Å². The Balaban J connectivity index is 2.15. The van der Waals surface area contributed by atoms with Crippen LogP contribution in [-0.4, -0.2) is 17.9 Å². The molecule has 21 heavy (non-hydrogen) atoms. The zero-order chi connectivity index (χ0) is 15.6. The standard InChI is InChI=1S/C15H11BrClF2NO/c1-20(8-9-2-5-13(18)14(19)6-9)15(21)10-3-4-11(16)12(17)7-10/h2-7H,8H2,1H3. The number of amides is 1. The Hall–Kier alpha value is -1.46. The van der Waals surface area contributed by atoms with E-state index in [4.69, 9.17) is 11.6 Å². The zero-order valence-electron chi connectivity index (χ0n) is 11.0. The Kier molecular flexibility index (Phi) is 4.96. The summed E-state index contributed by atoms with van der Waals surface area (Å²) in [5, 5.41) is 0.432. The van der Waals surface area contributed by atoms with Crippen LogP contribution >= 0.6 is 27.5 Å². The van der Waals surface area contributed by atoms with Crippen molar-refractivity contribution in [1.82, 2.24) is 4.90 Å². The van der Waals surface area contributed by atoms with Gasteiger partial charge in [0.15, 0.2) is 11.6 Å². The molecule has 0 unspecified atom stereocenters. The van der Waals surface area contributed by atoms with E-state index in [1.54, 1.807) is 25.2 Å². The average molecular weight is 375 g/mol. The maximum absolute atomic E-state index is 13.1. The third-order valence-corrected chi connectivity index (χ3v) is 4.15. The first-order valence-electron chi connectivity index (χ1n) is 6.03. The first-order chi connectivity index (χ1) is 9.88. The summed E-state index contributed by atoms with van der Waals surface area (Å²) in [6.07, 6.45) is 0. The highest BCUT2D eigenvalue weighted by Crippen LogP contribution is 2.24. The van der Waals surface area contributed by atoms with Crippen molar-refractivity contribution >= 4 is 33.4 Å². The van der Waals surface area contributed by atoms with E-state index in [1.165, 1.54) is 11.0 Å². The Morgan fingerprint density at radius 1 is 1.19 bits per heavy atom. The summed E-state index contributed by atoms with van der Waals surface area (Å²) >= 11 is 9.20. The fourth-order valence-corrected chi connectivity index (χ4v) is 2.26. The predicted octanol–water partition coefficient (Wildman–Crippen LogP) is 4.65. The molecule has 2 rings (SSSR count). The number of carbonyl (C=O) groups excluding carboxylic acids is 1. The monoisotopic (exact) mass is 373 g/mol. The van der Waals surface area contributed by atoms with Gasteiger partial charge in [0.25, 0.3) is 5.91 Å². The topological polar surface area (TPSA) is 20.3 Å². The number of rotatable bonds is 3. The van der Waals surface area contributed by atoms with Crippen molar-refractivity contribution in [3.8, 4) is 0 Å². The highest BCUT2D eigenvalue weighted by atomic mass is 79.9. The van der Waals surface area contributed by atoms with E-state index in [9.17, 15) is 13.6 Å². The number of halogens is 4. The first-order valence-corrected chi connectivity index (χ1v) is 7.20. The second kappa shape index (κ2) is 6.54. The van der Waals surface area contributed by atoms with Crippen LogP contribution in [0.5, 0.6) is 0 Å². The van der Waals surface area contributed by atoms with Crippen molar-refractivity contribution in [3.63, 3.8) is 0 Å². The largest absolute Gasteiger partial charge is 0.337 e. The van der Waals surface area contributed by atoms with Gasteiger partial charge in [0, 0.05) is 23.6 Å². The average Bonchev–Trinajstić information content (AvgIpc) is 2.45. The van der Waals surface area contributed by atoms with Gasteiger partial charge in [-0.1, -0.05) is 17.7 Å². The van der Waals surface area contributed by atoms with Crippen molar-refractivity contribution in [1.29, 1.82) is 0 Å². The molecule has 6 heteroatoms. The minimum atomic E-state index is -0.931. The van der Waals surface area contributed by atoms with E-state index in [0.29, 0.717) is 20.6 Å². The molecule has 110 valence electrons. The van der Waals surface area contributed by atoms with E-state index in [0.717, 1.165) is 12.1 Å². The van der Waals surface area contributed by atoms with E-state index < -0.39 is 11.6 Å². The normalized spacial score (nSPS) is 10.5. The minimum Gasteiger partial charge on any atom is -0.337 e. The van der Waals surface area contributed by atoms with Gasteiger partial charge in [-0.2, -0.15) is 0 Å². The summed E-state index contributed by atoms with van der Waals surface area (Å²) in [7, 11) is 1.58. The Labute approximate surface area is 134 Å². The van der Waals surface area contributed by atoms with Gasteiger partial charge in [-0.3, -0.25) is 4.79 Å². The molecule has 0 saturated heterocycles. The van der Waals surface area contributed by atoms with Crippen LogP contribution in [0.4, 0.5) is 8.78 Å². The van der Waals surface area contributed by atoms with Crippen LogP contribution in [0.25, 0.3) is 0 Å². The van der Waals surface area contributed by atoms with Gasteiger partial charge in [0.2, 0.25) is 0 Å². The molecule has 0 aromatic heterocycles. The smallest absolute Gasteiger partial charge is 0.253 e. The van der Waals surface area contributed by atoms with Crippen LogP contribution in [0.15, 0.2) is 40.9 Å². The summed E-state index contributed by atoms with van der Waals surface area (Å²) < 4.78 is 26.7. The second-order valence-electron chi connectivity index (χ2n) is 4.54. The number of nitrogens with zero attached hydrogens (tertiary/aromatic N) is 1. The van der Waals surface area contributed by atoms with Gasteiger partial charge >= 0.3 is 0 Å². The Morgan fingerprint density at radius 2 is 1.90 bits per heavy atom. The highest BCUT2D eigenvalue weighted by Gasteiger charge is 2.14. The Morgan fingerprint density at radius 3 is 2.52 bits per heavy atom. The van der Waals surface area contributed by atoms with Crippen molar-refractivity contribution in [2.45, 2.75) is 6.54 Å². The van der Waals surface area contributed by atoms with Gasteiger partial charge in [0.1, 0.15) is 0 Å². The van der Waals surface area contributed by atoms with Crippen molar-refractivity contribution in [2.75, 3.05) is 7.05 Å². The van der Waals surface area contributed by atoms with Gasteiger partial charge in [-0.15, -0.1) is 0 Å². The molecule has 0 aliphatic rings. The van der Waals surface area contributed by atoms with Crippen LogP contribution in [0.1, 0.15) is 15.9 Å². The maximum Gasteiger partial charge on any atom is 0.253 e. The third kappa shape index (κ3) is 3.80. The summed E-state index contributed by atoms with van der Waals surface area (Å²) in [5.41, 5.74) is 0.932. The lowest BCUT2D eigenvalue weighted by Gasteiger charge is -2.17. The lowest BCUT2D eigenvalue weighted by Crippen LogP contribution is -2.26. The number of hydrogen-bond donors (Lipinski definition) is 0. The molecule has 0 aliphatic carbocycles. The molecule has 2 aromatic carbocycles. The third-order valence-electron chi connectivity index (χ3n) is 2.92. The molecule has 2 nitrogen and oxygen atoms in total. The Bertz CT molecular complexity index is 693. The molecule has 1 amide bonds. The summed E-state index contributed by atoms with van der Waals surface area (Å²) in [6, 6.07) is 8.43. The number of carbonyl (C=O) groups is 1. The summed E-state index contributed by atoms with van der Waals surface area (Å²) in [5.74, 6) is -2.10. The van der Waals surface area contributed by atoms with Crippen LogP contribution in [0.3, 0.4) is 0 Å². The summed E-state index contributed by atoms with van der Waals surface area (Å²) in [6.45, 7) is 0.170. The first kappa shape index (κ1) is 15.9. The minimum absolute atomic E-state index is 0.170. The number of benzene rings is 2. The maximum atomic E-state index is 13.1. The fourth-order valence-electron chi connectivity index (χ4n) is 1.83. The molecule has 0 saturated carbocycles. The fraction of sp³-hybridized carbons (Fsp3) is 0.133. The molecule has 0 spiro atoms. The van der Waals surface area contributed by atoms with Gasteiger partial charge in [0.05, 0.1) is 5.02 Å². The van der Waals surface area contributed by atoms with E-state index in [-0.39, 0.29) is 12.5 Å². The van der Waals surface area contributed by atoms with E-state index >= 15 is 0 Å². The molecule has 0 heterocycles. The van der Waals surface area contributed by atoms with Gasteiger partial charge < -0.3 is 4.90 Å². The van der Waals surface area contributed by atoms with Crippen molar-refractivity contribution in [2.24, 2.45) is 0 Å². The molecular formula is C15H11BrClF2NO. The van der Waals surface area contributed by atoms with Crippen LogP contribution in [0, 0.1) is 11.6 Å². The lowest BCUT2D eigenvalue weighted by molar-refractivity contribution is 0.0785. The quantitative estimate of drug-likeness (QED) is 0.765. The molecule has 2 aromatic rings. The molecule has 0 atom stereocenters. The van der Waals surface area contributed by atoms with Crippen molar-refractivity contribution < 1.29 is 13.6 Å².